The summed E-state index contributed by atoms with van der Waals surface area (Å²) in [6.07, 6.45) is 1.30. The second kappa shape index (κ2) is 5.44. The number of nitrogens with one attached hydrogen (secondary N) is 1. The summed E-state index contributed by atoms with van der Waals surface area (Å²) < 4.78 is 0. The lowest BCUT2D eigenvalue weighted by molar-refractivity contribution is -0.384. The number of benzene rings is 1. The summed E-state index contributed by atoms with van der Waals surface area (Å²) in [5, 5.41) is 13.5. The third kappa shape index (κ3) is 2.82. The van der Waals surface area contributed by atoms with Crippen molar-refractivity contribution in [1.29, 1.82) is 0 Å². The van der Waals surface area contributed by atoms with Crippen molar-refractivity contribution in [2.75, 3.05) is 0 Å². The molecule has 8 nitrogen and oxygen atoms in total. The standard InChI is InChI=1S/C12H9N5O3S/c18-11-9-10(13-6-14-11)16-12(15-9)21-5-7-1-3-8(4-2-7)17(19)20/h1-4,6,9H,5H2,(H,13,14,15,16,18). The maximum Gasteiger partial charge on any atom is 0.269 e. The number of nitro benzene ring substituents is 1. The molecule has 2 aliphatic heterocycles. The number of nitro groups is 1. The van der Waals surface area contributed by atoms with E-state index in [-0.39, 0.29) is 11.6 Å². The smallest absolute Gasteiger partial charge is 0.269 e. The van der Waals surface area contributed by atoms with Crippen LogP contribution in [0.4, 0.5) is 5.69 Å². The number of fused-ring (bicyclic) bond motifs is 1. The molecule has 0 aromatic heterocycles. The molecular weight excluding hydrogens is 294 g/mol. The first-order valence-corrected chi connectivity index (χ1v) is 6.97. The first-order valence-electron chi connectivity index (χ1n) is 5.99. The SMILES string of the molecule is O=C1NC=NC2=NC(SCc3ccc([N+](=O)[O-])cc3)=NC12. The molecule has 1 N–H and O–H groups in total. The van der Waals surface area contributed by atoms with E-state index in [1.54, 1.807) is 12.1 Å². The number of aliphatic imine (C=N–C) groups is 3. The van der Waals surface area contributed by atoms with Gasteiger partial charge in [0.15, 0.2) is 17.0 Å². The van der Waals surface area contributed by atoms with Crippen molar-refractivity contribution in [3.05, 3.63) is 39.9 Å². The number of hydrogen-bond acceptors (Lipinski definition) is 7. The highest BCUT2D eigenvalue weighted by molar-refractivity contribution is 8.13. The lowest BCUT2D eigenvalue weighted by Gasteiger charge is -2.09. The number of nitrogens with zero attached hydrogens (tertiary/aromatic N) is 4. The minimum absolute atomic E-state index is 0.0548. The number of hydrogen-bond donors (Lipinski definition) is 1. The molecule has 0 bridgehead atoms. The van der Waals surface area contributed by atoms with E-state index in [1.165, 1.54) is 30.2 Å². The van der Waals surface area contributed by atoms with E-state index in [0.717, 1.165) is 5.56 Å². The number of rotatable bonds is 3. The molecule has 9 heteroatoms. The summed E-state index contributed by atoms with van der Waals surface area (Å²) in [7, 11) is 0. The molecule has 0 radical (unpaired) electrons. The lowest BCUT2D eigenvalue weighted by Crippen LogP contribution is -2.40. The van der Waals surface area contributed by atoms with Crippen LogP contribution >= 0.6 is 11.8 Å². The van der Waals surface area contributed by atoms with Gasteiger partial charge in [-0.25, -0.2) is 15.0 Å². The van der Waals surface area contributed by atoms with Gasteiger partial charge < -0.3 is 5.32 Å². The van der Waals surface area contributed by atoms with E-state index in [2.05, 4.69) is 20.3 Å². The Morgan fingerprint density at radius 3 is 2.76 bits per heavy atom. The Morgan fingerprint density at radius 1 is 1.33 bits per heavy atom. The van der Waals surface area contributed by atoms with Gasteiger partial charge in [-0.15, -0.1) is 0 Å². The molecule has 0 aliphatic carbocycles. The van der Waals surface area contributed by atoms with Gasteiger partial charge >= 0.3 is 0 Å². The highest BCUT2D eigenvalue weighted by Crippen LogP contribution is 2.22. The molecule has 1 atom stereocenters. The Hall–Kier alpha value is -2.55. The third-order valence-electron chi connectivity index (χ3n) is 2.86. The highest BCUT2D eigenvalue weighted by atomic mass is 32.2. The molecule has 0 spiro atoms. The molecule has 0 saturated carbocycles. The zero-order valence-corrected chi connectivity index (χ0v) is 11.4. The highest BCUT2D eigenvalue weighted by Gasteiger charge is 2.31. The minimum atomic E-state index is -0.658. The van der Waals surface area contributed by atoms with Gasteiger partial charge in [0.05, 0.1) is 11.3 Å². The number of amidine groups is 2. The van der Waals surface area contributed by atoms with Crippen molar-refractivity contribution in [3.8, 4) is 0 Å². The average Bonchev–Trinajstić information content (AvgIpc) is 2.90. The fraction of sp³-hybridized carbons (Fsp3) is 0.167. The van der Waals surface area contributed by atoms with E-state index in [4.69, 9.17) is 0 Å². The molecule has 3 rings (SSSR count). The van der Waals surface area contributed by atoms with Crippen LogP contribution in [0.1, 0.15) is 5.56 Å². The maximum atomic E-state index is 11.5. The zero-order valence-electron chi connectivity index (χ0n) is 10.6. The molecule has 1 unspecified atom stereocenters. The van der Waals surface area contributed by atoms with Gasteiger partial charge in [0.25, 0.3) is 11.6 Å². The van der Waals surface area contributed by atoms with Crippen LogP contribution in [0.3, 0.4) is 0 Å². The second-order valence-corrected chi connectivity index (χ2v) is 5.21. The van der Waals surface area contributed by atoms with Gasteiger partial charge in [-0.05, 0) is 5.56 Å². The van der Waals surface area contributed by atoms with Crippen LogP contribution in [0, 0.1) is 10.1 Å². The van der Waals surface area contributed by atoms with Gasteiger partial charge in [0, 0.05) is 17.9 Å². The Balaban J connectivity index is 1.65. The van der Waals surface area contributed by atoms with Crippen molar-refractivity contribution in [2.45, 2.75) is 11.8 Å². The van der Waals surface area contributed by atoms with Gasteiger partial charge in [-0.3, -0.25) is 14.9 Å². The van der Waals surface area contributed by atoms with Gasteiger partial charge in [0.2, 0.25) is 0 Å². The van der Waals surface area contributed by atoms with Crippen LogP contribution in [0.15, 0.2) is 39.2 Å². The van der Waals surface area contributed by atoms with Crippen molar-refractivity contribution in [1.82, 2.24) is 5.32 Å². The predicted molar refractivity (Wildman–Crippen MR) is 79.7 cm³/mol. The number of carbonyl (C=O) groups is 1. The lowest BCUT2D eigenvalue weighted by atomic mass is 10.2. The molecule has 21 heavy (non-hydrogen) atoms. The minimum Gasteiger partial charge on any atom is -0.314 e. The largest absolute Gasteiger partial charge is 0.314 e. The average molecular weight is 303 g/mol. The van der Waals surface area contributed by atoms with Gasteiger partial charge in [0.1, 0.15) is 0 Å². The Bertz CT molecular complexity index is 695. The summed E-state index contributed by atoms with van der Waals surface area (Å²) in [5.74, 6) is 0.714. The number of non-ortho nitro benzene ring substituents is 1. The summed E-state index contributed by atoms with van der Waals surface area (Å²) >= 11 is 1.36. The monoisotopic (exact) mass is 303 g/mol. The quantitative estimate of drug-likeness (QED) is 0.666. The number of amides is 1. The van der Waals surface area contributed by atoms with Crippen LogP contribution in [-0.2, 0) is 10.5 Å². The fourth-order valence-corrected chi connectivity index (χ4v) is 2.63. The third-order valence-corrected chi connectivity index (χ3v) is 3.79. The molecule has 106 valence electrons. The summed E-state index contributed by atoms with van der Waals surface area (Å²) in [4.78, 5) is 34.0. The summed E-state index contributed by atoms with van der Waals surface area (Å²) in [6, 6.07) is 5.62. The van der Waals surface area contributed by atoms with E-state index >= 15 is 0 Å². The second-order valence-electron chi connectivity index (χ2n) is 4.26. The molecule has 1 aromatic rings. The topological polar surface area (TPSA) is 109 Å². The van der Waals surface area contributed by atoms with Crippen LogP contribution in [-0.4, -0.2) is 34.2 Å². The van der Waals surface area contributed by atoms with Crippen LogP contribution in [0.2, 0.25) is 0 Å². The van der Waals surface area contributed by atoms with Crippen molar-refractivity contribution in [3.63, 3.8) is 0 Å². The molecular formula is C12H9N5O3S. The van der Waals surface area contributed by atoms with E-state index in [1.807, 2.05) is 0 Å². The fourth-order valence-electron chi connectivity index (χ4n) is 1.80. The Labute approximate surface area is 123 Å². The van der Waals surface area contributed by atoms with Crippen LogP contribution in [0.25, 0.3) is 0 Å². The van der Waals surface area contributed by atoms with E-state index < -0.39 is 11.0 Å². The summed E-state index contributed by atoms with van der Waals surface area (Å²) in [5.41, 5.74) is 0.968. The van der Waals surface area contributed by atoms with Crippen molar-refractivity contribution < 1.29 is 9.72 Å². The van der Waals surface area contributed by atoms with Crippen LogP contribution in [0.5, 0.6) is 0 Å². The van der Waals surface area contributed by atoms with Crippen molar-refractivity contribution >= 4 is 40.7 Å². The zero-order chi connectivity index (χ0) is 14.8. The predicted octanol–water partition coefficient (Wildman–Crippen LogP) is 1.12. The van der Waals surface area contributed by atoms with Crippen molar-refractivity contribution in [2.24, 2.45) is 15.0 Å². The Kier molecular flexibility index (Phi) is 3.48. The molecule has 1 amide bonds. The first-order chi connectivity index (χ1) is 10.1. The molecule has 2 aliphatic rings. The molecule has 0 saturated heterocycles. The molecule has 1 aromatic carbocycles. The molecule has 0 fully saturated rings. The van der Waals surface area contributed by atoms with Gasteiger partial charge in [-0.2, -0.15) is 0 Å². The normalized spacial score (nSPS) is 19.6. The van der Waals surface area contributed by atoms with Gasteiger partial charge in [-0.1, -0.05) is 23.9 Å². The summed E-state index contributed by atoms with van der Waals surface area (Å²) in [6.45, 7) is 0. The molecule has 2 heterocycles. The number of thioether (sulfide) groups is 1. The number of carbonyl (C=O) groups excluding carboxylic acids is 1. The maximum absolute atomic E-state index is 11.5. The van der Waals surface area contributed by atoms with E-state index in [0.29, 0.717) is 16.8 Å². The van der Waals surface area contributed by atoms with E-state index in [9.17, 15) is 14.9 Å². The van der Waals surface area contributed by atoms with Crippen LogP contribution < -0.4 is 5.32 Å². The first kappa shape index (κ1) is 13.4. The Morgan fingerprint density at radius 2 is 2.10 bits per heavy atom.